The van der Waals surface area contributed by atoms with Crippen molar-refractivity contribution in [3.05, 3.63) is 47.0 Å². The van der Waals surface area contributed by atoms with Gasteiger partial charge in [-0.25, -0.2) is 4.79 Å². The predicted molar refractivity (Wildman–Crippen MR) is 81.5 cm³/mol. The zero-order valence-corrected chi connectivity index (χ0v) is 12.2. The third kappa shape index (κ3) is 3.19. The second-order valence-corrected chi connectivity index (χ2v) is 5.26. The molecule has 1 unspecified atom stereocenters. The first-order valence-electron chi connectivity index (χ1n) is 7.17. The van der Waals surface area contributed by atoms with E-state index in [4.69, 9.17) is 9.84 Å². The standard InChI is InChI=1S/C15H17N3O5/c19-8-12-11(21)7-14(23-12)18-6-5-13(17-15(18)22)16-9-3-1-2-4-10(9)20/h1-6,11-12,14,19-21H,7-8H2,(H,16,17,22)/t11-,12?,14-/m1/s1. The molecule has 1 saturated heterocycles. The molecule has 0 saturated carbocycles. The molecule has 2 heterocycles. The van der Waals surface area contributed by atoms with Crippen LogP contribution in [0.4, 0.5) is 11.5 Å². The first-order chi connectivity index (χ1) is 11.1. The molecule has 8 heteroatoms. The van der Waals surface area contributed by atoms with Crippen molar-refractivity contribution in [3.8, 4) is 5.75 Å². The van der Waals surface area contributed by atoms with Crippen molar-refractivity contribution < 1.29 is 20.1 Å². The van der Waals surface area contributed by atoms with Crippen LogP contribution in [0.3, 0.4) is 0 Å². The lowest BCUT2D eigenvalue weighted by Gasteiger charge is -2.15. The Kier molecular flexibility index (Phi) is 4.28. The van der Waals surface area contributed by atoms with E-state index < -0.39 is 24.1 Å². The highest BCUT2D eigenvalue weighted by Gasteiger charge is 2.34. The quantitative estimate of drug-likeness (QED) is 0.600. The Morgan fingerprint density at radius 3 is 2.78 bits per heavy atom. The van der Waals surface area contributed by atoms with Gasteiger partial charge in [-0.3, -0.25) is 4.57 Å². The molecule has 0 aliphatic carbocycles. The van der Waals surface area contributed by atoms with Gasteiger partial charge in [0.25, 0.3) is 0 Å². The third-order valence-electron chi connectivity index (χ3n) is 3.69. The number of aromatic nitrogens is 2. The number of aromatic hydroxyl groups is 1. The Hall–Kier alpha value is -2.42. The number of para-hydroxylation sites is 2. The smallest absolute Gasteiger partial charge is 0.351 e. The van der Waals surface area contributed by atoms with E-state index in [1.165, 1.54) is 16.8 Å². The second-order valence-electron chi connectivity index (χ2n) is 5.26. The number of benzene rings is 1. The van der Waals surface area contributed by atoms with Gasteiger partial charge in [0.15, 0.2) is 0 Å². The fourth-order valence-electron chi connectivity index (χ4n) is 2.47. The average Bonchev–Trinajstić information content (AvgIpc) is 2.90. The van der Waals surface area contributed by atoms with Crippen LogP contribution in [-0.4, -0.2) is 43.7 Å². The van der Waals surface area contributed by atoms with Gasteiger partial charge in [0, 0.05) is 12.6 Å². The molecule has 3 atom stereocenters. The van der Waals surface area contributed by atoms with Gasteiger partial charge in [-0.2, -0.15) is 4.98 Å². The van der Waals surface area contributed by atoms with E-state index in [0.29, 0.717) is 5.69 Å². The number of aliphatic hydroxyl groups is 2. The molecular weight excluding hydrogens is 302 g/mol. The van der Waals surface area contributed by atoms with E-state index in [1.807, 2.05) is 0 Å². The molecule has 4 N–H and O–H groups in total. The van der Waals surface area contributed by atoms with Gasteiger partial charge < -0.3 is 25.4 Å². The molecule has 0 radical (unpaired) electrons. The molecule has 1 aliphatic heterocycles. The first-order valence-corrected chi connectivity index (χ1v) is 7.17. The van der Waals surface area contributed by atoms with Crippen molar-refractivity contribution in [1.82, 2.24) is 9.55 Å². The molecule has 1 aliphatic rings. The predicted octanol–water partition coefficient (Wildman–Crippen LogP) is 0.333. The normalized spacial score (nSPS) is 23.8. The zero-order valence-electron chi connectivity index (χ0n) is 12.2. The molecule has 8 nitrogen and oxygen atoms in total. The van der Waals surface area contributed by atoms with Crippen LogP contribution in [0.15, 0.2) is 41.3 Å². The minimum atomic E-state index is -0.823. The molecule has 23 heavy (non-hydrogen) atoms. The topological polar surface area (TPSA) is 117 Å². The lowest BCUT2D eigenvalue weighted by molar-refractivity contribution is -0.0458. The first kappa shape index (κ1) is 15.5. The molecule has 1 aromatic carbocycles. The molecule has 1 fully saturated rings. The lowest BCUT2D eigenvalue weighted by atomic mass is 10.2. The van der Waals surface area contributed by atoms with Crippen LogP contribution in [0.1, 0.15) is 12.6 Å². The highest BCUT2D eigenvalue weighted by Crippen LogP contribution is 2.28. The SMILES string of the molecule is O=c1nc(Nc2ccccc2O)ccn1[C@H]1C[C@@H](O)C(CO)O1. The maximum absolute atomic E-state index is 12.1. The van der Waals surface area contributed by atoms with Gasteiger partial charge in [0.2, 0.25) is 0 Å². The fourth-order valence-corrected chi connectivity index (χ4v) is 2.47. The summed E-state index contributed by atoms with van der Waals surface area (Å²) in [7, 11) is 0. The van der Waals surface area contributed by atoms with E-state index in [9.17, 15) is 15.0 Å². The molecule has 122 valence electrons. The van der Waals surface area contributed by atoms with Crippen LogP contribution in [0, 0.1) is 0 Å². The number of hydrogen-bond acceptors (Lipinski definition) is 7. The minimum Gasteiger partial charge on any atom is -0.506 e. The van der Waals surface area contributed by atoms with Crippen LogP contribution in [0.25, 0.3) is 0 Å². The van der Waals surface area contributed by atoms with Crippen molar-refractivity contribution >= 4 is 11.5 Å². The summed E-state index contributed by atoms with van der Waals surface area (Å²) in [5.74, 6) is 0.330. The molecule has 0 spiro atoms. The number of anilines is 2. The number of ether oxygens (including phenoxy) is 1. The molecule has 0 amide bonds. The van der Waals surface area contributed by atoms with E-state index in [1.54, 1.807) is 24.3 Å². The van der Waals surface area contributed by atoms with Gasteiger partial charge in [-0.15, -0.1) is 0 Å². The van der Waals surface area contributed by atoms with Crippen LogP contribution in [0.2, 0.25) is 0 Å². The Morgan fingerprint density at radius 1 is 1.35 bits per heavy atom. The lowest BCUT2D eigenvalue weighted by Crippen LogP contribution is -2.27. The number of nitrogens with zero attached hydrogens (tertiary/aromatic N) is 2. The number of hydrogen-bond donors (Lipinski definition) is 4. The molecule has 1 aromatic heterocycles. The number of nitrogens with one attached hydrogen (secondary N) is 1. The van der Waals surface area contributed by atoms with Crippen LogP contribution >= 0.6 is 0 Å². The summed E-state index contributed by atoms with van der Waals surface area (Å²) in [6.45, 7) is -0.313. The second kappa shape index (κ2) is 6.37. The summed E-state index contributed by atoms with van der Waals surface area (Å²) in [4.78, 5) is 16.0. The fraction of sp³-hybridized carbons (Fsp3) is 0.333. The van der Waals surface area contributed by atoms with E-state index in [-0.39, 0.29) is 24.6 Å². The van der Waals surface area contributed by atoms with Crippen LogP contribution in [-0.2, 0) is 4.74 Å². The third-order valence-corrected chi connectivity index (χ3v) is 3.69. The van der Waals surface area contributed by atoms with Crippen LogP contribution in [0.5, 0.6) is 5.75 Å². The summed E-state index contributed by atoms with van der Waals surface area (Å²) >= 11 is 0. The van der Waals surface area contributed by atoms with Gasteiger partial charge in [0.05, 0.1) is 18.4 Å². The molecule has 2 aromatic rings. The number of rotatable bonds is 4. The average molecular weight is 319 g/mol. The summed E-state index contributed by atoms with van der Waals surface area (Å²) in [6.07, 6.45) is -0.489. The summed E-state index contributed by atoms with van der Waals surface area (Å²) in [5, 5.41) is 31.4. The number of phenols is 1. The summed E-state index contributed by atoms with van der Waals surface area (Å²) in [5.41, 5.74) is -0.119. The molecule has 3 rings (SSSR count). The maximum Gasteiger partial charge on any atom is 0.351 e. The van der Waals surface area contributed by atoms with Gasteiger partial charge in [-0.1, -0.05) is 12.1 Å². The number of aliphatic hydroxyl groups excluding tert-OH is 2. The van der Waals surface area contributed by atoms with E-state index in [2.05, 4.69) is 10.3 Å². The number of phenolic OH excluding ortho intramolecular Hbond substituents is 1. The highest BCUT2D eigenvalue weighted by molar-refractivity contribution is 5.62. The van der Waals surface area contributed by atoms with Gasteiger partial charge >= 0.3 is 5.69 Å². The Morgan fingerprint density at radius 2 is 2.13 bits per heavy atom. The van der Waals surface area contributed by atoms with E-state index >= 15 is 0 Å². The summed E-state index contributed by atoms with van der Waals surface area (Å²) < 4.78 is 6.69. The van der Waals surface area contributed by atoms with E-state index in [0.717, 1.165) is 0 Å². The maximum atomic E-state index is 12.1. The molecule has 0 bridgehead atoms. The summed E-state index contributed by atoms with van der Waals surface area (Å²) in [6, 6.07) is 8.17. The zero-order chi connectivity index (χ0) is 16.4. The van der Waals surface area contributed by atoms with Gasteiger partial charge in [-0.05, 0) is 18.2 Å². The monoisotopic (exact) mass is 319 g/mol. The van der Waals surface area contributed by atoms with Gasteiger partial charge in [0.1, 0.15) is 23.9 Å². The Balaban J connectivity index is 1.79. The van der Waals surface area contributed by atoms with Crippen molar-refractivity contribution in [2.45, 2.75) is 24.9 Å². The van der Waals surface area contributed by atoms with Crippen molar-refractivity contribution in [2.24, 2.45) is 0 Å². The van der Waals surface area contributed by atoms with Crippen molar-refractivity contribution in [1.29, 1.82) is 0 Å². The largest absolute Gasteiger partial charge is 0.506 e. The van der Waals surface area contributed by atoms with Crippen molar-refractivity contribution in [3.63, 3.8) is 0 Å². The minimum absolute atomic E-state index is 0.0477. The Bertz CT molecular complexity index is 748. The highest BCUT2D eigenvalue weighted by atomic mass is 16.5. The Labute approximate surface area is 131 Å². The molecular formula is C15H17N3O5. The van der Waals surface area contributed by atoms with Crippen molar-refractivity contribution in [2.75, 3.05) is 11.9 Å². The van der Waals surface area contributed by atoms with Crippen LogP contribution < -0.4 is 11.0 Å².